The third kappa shape index (κ3) is 4.77. The highest BCUT2D eigenvalue weighted by molar-refractivity contribution is 7.18. The molecule has 2 aromatic rings. The SMILES string of the molecule is CCOC(=O)CCC(=O)N(Cc1nc2c(F)c(F)cc(F)c2s1)CC1CC1. The Balaban J connectivity index is 1.75. The molecular weight excluding hydrogens is 381 g/mol. The first-order valence-electron chi connectivity index (χ1n) is 8.75. The van der Waals surface area contributed by atoms with Gasteiger partial charge in [-0.25, -0.2) is 18.2 Å². The van der Waals surface area contributed by atoms with Gasteiger partial charge in [-0.1, -0.05) is 0 Å². The third-order valence-corrected chi connectivity index (χ3v) is 5.31. The Bertz CT molecular complexity index is 867. The van der Waals surface area contributed by atoms with Crippen molar-refractivity contribution >= 4 is 33.4 Å². The van der Waals surface area contributed by atoms with Gasteiger partial charge in [0.15, 0.2) is 11.6 Å². The van der Waals surface area contributed by atoms with Crippen molar-refractivity contribution in [3.8, 4) is 0 Å². The predicted molar refractivity (Wildman–Crippen MR) is 93.5 cm³/mol. The standard InChI is InChI=1S/C18H19F3N2O3S/c1-2-26-15(25)6-5-14(24)23(8-10-3-4-10)9-13-22-17-16(21)11(19)7-12(20)18(17)27-13/h7,10H,2-6,8-9H2,1H3. The van der Waals surface area contributed by atoms with Crippen molar-refractivity contribution in [2.24, 2.45) is 5.92 Å². The quantitative estimate of drug-likeness (QED) is 0.500. The number of carbonyl (C=O) groups excluding carboxylic acids is 2. The van der Waals surface area contributed by atoms with Crippen LogP contribution < -0.4 is 0 Å². The monoisotopic (exact) mass is 400 g/mol. The number of amides is 1. The Morgan fingerprint density at radius 2 is 2.00 bits per heavy atom. The number of hydrogen-bond donors (Lipinski definition) is 0. The molecule has 5 nitrogen and oxygen atoms in total. The Hall–Kier alpha value is -2.16. The number of ether oxygens (including phenoxy) is 1. The maximum Gasteiger partial charge on any atom is 0.306 e. The van der Waals surface area contributed by atoms with E-state index >= 15 is 0 Å². The summed E-state index contributed by atoms with van der Waals surface area (Å²) in [7, 11) is 0. The summed E-state index contributed by atoms with van der Waals surface area (Å²) in [5.41, 5.74) is -0.363. The molecule has 1 aromatic heterocycles. The molecule has 1 aliphatic rings. The molecule has 1 amide bonds. The second kappa shape index (κ2) is 8.24. The van der Waals surface area contributed by atoms with Gasteiger partial charge >= 0.3 is 5.97 Å². The molecule has 0 atom stereocenters. The maximum absolute atomic E-state index is 13.9. The van der Waals surface area contributed by atoms with Crippen LogP contribution in [0.3, 0.4) is 0 Å². The van der Waals surface area contributed by atoms with Crippen LogP contribution in [0.1, 0.15) is 37.6 Å². The highest BCUT2D eigenvalue weighted by atomic mass is 32.1. The molecule has 1 saturated carbocycles. The first-order valence-corrected chi connectivity index (χ1v) is 9.57. The fraction of sp³-hybridized carbons (Fsp3) is 0.500. The van der Waals surface area contributed by atoms with E-state index in [4.69, 9.17) is 4.74 Å². The van der Waals surface area contributed by atoms with Gasteiger partial charge in [0.2, 0.25) is 5.91 Å². The number of aromatic nitrogens is 1. The van der Waals surface area contributed by atoms with Crippen LogP contribution in [0.2, 0.25) is 0 Å². The van der Waals surface area contributed by atoms with Crippen LogP contribution in [-0.2, 0) is 20.9 Å². The lowest BCUT2D eigenvalue weighted by molar-refractivity contribution is -0.145. The van der Waals surface area contributed by atoms with E-state index in [9.17, 15) is 22.8 Å². The lowest BCUT2D eigenvalue weighted by atomic mass is 10.2. The molecule has 1 heterocycles. The van der Waals surface area contributed by atoms with Gasteiger partial charge < -0.3 is 9.64 Å². The minimum absolute atomic E-state index is 0.00615. The van der Waals surface area contributed by atoms with Gasteiger partial charge in [-0.2, -0.15) is 0 Å². The predicted octanol–water partition coefficient (Wildman–Crippen LogP) is 3.80. The second-order valence-electron chi connectivity index (χ2n) is 6.46. The van der Waals surface area contributed by atoms with Crippen molar-refractivity contribution in [3.05, 3.63) is 28.5 Å². The number of benzene rings is 1. The Kier molecular flexibility index (Phi) is 5.98. The van der Waals surface area contributed by atoms with Gasteiger partial charge in [-0.05, 0) is 25.7 Å². The Labute approximate surface area is 158 Å². The summed E-state index contributed by atoms with van der Waals surface area (Å²) in [4.78, 5) is 29.5. The molecule has 27 heavy (non-hydrogen) atoms. The van der Waals surface area contributed by atoms with E-state index < -0.39 is 23.4 Å². The van der Waals surface area contributed by atoms with Gasteiger partial charge in [0, 0.05) is 19.0 Å². The van der Waals surface area contributed by atoms with Crippen LogP contribution in [0, 0.1) is 23.4 Å². The Morgan fingerprint density at radius 1 is 1.26 bits per heavy atom. The van der Waals surface area contributed by atoms with Gasteiger partial charge in [0.1, 0.15) is 16.3 Å². The average molecular weight is 400 g/mol. The minimum Gasteiger partial charge on any atom is -0.466 e. The lowest BCUT2D eigenvalue weighted by Gasteiger charge is -2.21. The van der Waals surface area contributed by atoms with E-state index in [1.807, 2.05) is 0 Å². The summed E-state index contributed by atoms with van der Waals surface area (Å²) in [6.45, 7) is 2.50. The molecule has 0 radical (unpaired) electrons. The number of esters is 1. The van der Waals surface area contributed by atoms with Crippen molar-refractivity contribution in [3.63, 3.8) is 0 Å². The van der Waals surface area contributed by atoms with Gasteiger partial charge in [-0.15, -0.1) is 11.3 Å². The molecule has 0 aliphatic heterocycles. The molecule has 0 spiro atoms. The number of thiazole rings is 1. The number of fused-ring (bicyclic) bond motifs is 1. The number of hydrogen-bond acceptors (Lipinski definition) is 5. The highest BCUT2D eigenvalue weighted by Gasteiger charge is 2.28. The van der Waals surface area contributed by atoms with Crippen molar-refractivity contribution in [2.75, 3.05) is 13.2 Å². The molecule has 1 aromatic carbocycles. The zero-order chi connectivity index (χ0) is 19.6. The van der Waals surface area contributed by atoms with Gasteiger partial charge in [0.25, 0.3) is 0 Å². The van der Waals surface area contributed by atoms with Crippen LogP contribution in [0.5, 0.6) is 0 Å². The van der Waals surface area contributed by atoms with E-state index in [1.165, 1.54) is 0 Å². The Morgan fingerprint density at radius 3 is 2.67 bits per heavy atom. The maximum atomic E-state index is 13.9. The van der Waals surface area contributed by atoms with Gasteiger partial charge in [-0.3, -0.25) is 9.59 Å². The average Bonchev–Trinajstić information content (AvgIpc) is 3.34. The van der Waals surface area contributed by atoms with E-state index in [0.717, 1.165) is 24.2 Å². The van der Waals surface area contributed by atoms with E-state index in [2.05, 4.69) is 4.98 Å². The molecule has 146 valence electrons. The smallest absolute Gasteiger partial charge is 0.306 e. The van der Waals surface area contributed by atoms with Crippen molar-refractivity contribution in [1.29, 1.82) is 0 Å². The molecular formula is C18H19F3N2O3S. The topological polar surface area (TPSA) is 59.5 Å². The van der Waals surface area contributed by atoms with E-state index in [-0.39, 0.29) is 42.1 Å². The summed E-state index contributed by atoms with van der Waals surface area (Å²) >= 11 is 0.894. The number of halogens is 3. The molecule has 0 bridgehead atoms. The van der Waals surface area contributed by atoms with Crippen LogP contribution in [-0.4, -0.2) is 34.9 Å². The normalized spacial score (nSPS) is 13.8. The summed E-state index contributed by atoms with van der Waals surface area (Å²) < 4.78 is 45.8. The lowest BCUT2D eigenvalue weighted by Crippen LogP contribution is -2.32. The largest absolute Gasteiger partial charge is 0.466 e. The van der Waals surface area contributed by atoms with Crippen LogP contribution >= 0.6 is 11.3 Å². The number of carbonyl (C=O) groups is 2. The van der Waals surface area contributed by atoms with Crippen LogP contribution in [0.15, 0.2) is 6.07 Å². The first-order chi connectivity index (χ1) is 12.9. The van der Waals surface area contributed by atoms with Crippen LogP contribution in [0.4, 0.5) is 13.2 Å². The van der Waals surface area contributed by atoms with Crippen molar-refractivity contribution < 1.29 is 27.5 Å². The second-order valence-corrected chi connectivity index (χ2v) is 7.55. The van der Waals surface area contributed by atoms with Gasteiger partial charge in [0.05, 0.1) is 24.3 Å². The number of nitrogens with zero attached hydrogens (tertiary/aromatic N) is 2. The molecule has 9 heteroatoms. The molecule has 3 rings (SSSR count). The molecule has 1 aliphatic carbocycles. The number of rotatable bonds is 8. The summed E-state index contributed by atoms with van der Waals surface area (Å²) in [5, 5.41) is 0.318. The minimum atomic E-state index is -1.29. The highest BCUT2D eigenvalue weighted by Crippen LogP contribution is 2.32. The summed E-state index contributed by atoms with van der Waals surface area (Å²) in [6.07, 6.45) is 1.99. The van der Waals surface area contributed by atoms with Crippen LogP contribution in [0.25, 0.3) is 10.2 Å². The zero-order valence-electron chi connectivity index (χ0n) is 14.8. The molecule has 0 unspecified atom stereocenters. The molecule has 1 fully saturated rings. The van der Waals surface area contributed by atoms with E-state index in [1.54, 1.807) is 11.8 Å². The van der Waals surface area contributed by atoms with Crippen molar-refractivity contribution in [2.45, 2.75) is 39.2 Å². The molecule has 0 N–H and O–H groups in total. The molecule has 0 saturated heterocycles. The summed E-state index contributed by atoms with van der Waals surface area (Å²) in [5.74, 6) is -3.68. The third-order valence-electron chi connectivity index (χ3n) is 4.26. The fourth-order valence-corrected chi connectivity index (χ4v) is 3.71. The zero-order valence-corrected chi connectivity index (χ0v) is 15.6. The van der Waals surface area contributed by atoms with Crippen molar-refractivity contribution in [1.82, 2.24) is 9.88 Å². The summed E-state index contributed by atoms with van der Waals surface area (Å²) in [6, 6.07) is 0.492. The first kappa shape index (κ1) is 19.6. The fourth-order valence-electron chi connectivity index (χ4n) is 2.73. The van der Waals surface area contributed by atoms with E-state index in [0.29, 0.717) is 23.5 Å².